The van der Waals surface area contributed by atoms with E-state index in [2.05, 4.69) is 10.4 Å². The van der Waals surface area contributed by atoms with E-state index in [0.29, 0.717) is 23.0 Å². The largest absolute Gasteiger partial charge is 0.493 e. The van der Waals surface area contributed by atoms with E-state index in [4.69, 9.17) is 9.47 Å². The van der Waals surface area contributed by atoms with Gasteiger partial charge in [0, 0.05) is 23.5 Å². The summed E-state index contributed by atoms with van der Waals surface area (Å²) >= 11 is 0. The maximum absolute atomic E-state index is 13.2. The van der Waals surface area contributed by atoms with Gasteiger partial charge >= 0.3 is 0 Å². The summed E-state index contributed by atoms with van der Waals surface area (Å²) in [6.45, 7) is 0. The first-order valence-corrected chi connectivity index (χ1v) is 8.47. The molecule has 6 nitrogen and oxygen atoms in total. The number of nitrogens with zero attached hydrogens (tertiary/aromatic N) is 2. The van der Waals surface area contributed by atoms with Crippen molar-refractivity contribution >= 4 is 11.7 Å². The van der Waals surface area contributed by atoms with E-state index >= 15 is 0 Å². The second kappa shape index (κ2) is 6.75. The van der Waals surface area contributed by atoms with Crippen LogP contribution in [0.2, 0.25) is 0 Å². The van der Waals surface area contributed by atoms with Gasteiger partial charge in [0.05, 0.1) is 26.1 Å². The molecule has 1 aliphatic heterocycles. The molecule has 0 fully saturated rings. The van der Waals surface area contributed by atoms with Gasteiger partial charge in [-0.1, -0.05) is 12.1 Å². The fourth-order valence-corrected chi connectivity index (χ4v) is 3.46. The number of carbonyl (C=O) groups is 1. The molecule has 2 aromatic carbocycles. The van der Waals surface area contributed by atoms with E-state index in [-0.39, 0.29) is 24.1 Å². The molecule has 0 bridgehead atoms. The summed E-state index contributed by atoms with van der Waals surface area (Å²) in [6.07, 6.45) is 1.99. The van der Waals surface area contributed by atoms with Crippen molar-refractivity contribution in [1.29, 1.82) is 0 Å². The van der Waals surface area contributed by atoms with Gasteiger partial charge in [0.25, 0.3) is 0 Å². The van der Waals surface area contributed by atoms with Crippen LogP contribution in [0.3, 0.4) is 0 Å². The molecule has 3 aromatic rings. The molecule has 0 saturated heterocycles. The number of hydrogen-bond donors (Lipinski definition) is 1. The van der Waals surface area contributed by atoms with Crippen LogP contribution in [0, 0.1) is 5.82 Å². The molecule has 27 heavy (non-hydrogen) atoms. The fourth-order valence-electron chi connectivity index (χ4n) is 3.46. The Balaban J connectivity index is 1.84. The molecule has 0 radical (unpaired) electrons. The minimum atomic E-state index is -0.331. The molecule has 0 saturated carbocycles. The molecule has 0 spiro atoms. The van der Waals surface area contributed by atoms with Gasteiger partial charge in [0.15, 0.2) is 11.5 Å². The number of benzene rings is 2. The zero-order chi connectivity index (χ0) is 19.0. The molecule has 1 atom stereocenters. The highest BCUT2D eigenvalue weighted by atomic mass is 19.1. The van der Waals surface area contributed by atoms with Crippen LogP contribution in [0.4, 0.5) is 10.2 Å². The van der Waals surface area contributed by atoms with E-state index in [1.54, 1.807) is 37.2 Å². The SMILES string of the molecule is COc1cccc([C@@H]2CC(=O)Nc3c2cnn3-c2ccc(F)cc2)c1OC. The maximum Gasteiger partial charge on any atom is 0.226 e. The quantitative estimate of drug-likeness (QED) is 0.766. The summed E-state index contributed by atoms with van der Waals surface area (Å²) in [4.78, 5) is 12.4. The normalized spacial score (nSPS) is 15.8. The van der Waals surface area contributed by atoms with Crippen LogP contribution >= 0.6 is 0 Å². The van der Waals surface area contributed by atoms with Gasteiger partial charge < -0.3 is 14.8 Å². The number of rotatable bonds is 4. The molecule has 2 heterocycles. The number of anilines is 1. The number of fused-ring (bicyclic) bond motifs is 1. The lowest BCUT2D eigenvalue weighted by Crippen LogP contribution is -2.25. The lowest BCUT2D eigenvalue weighted by atomic mass is 9.86. The van der Waals surface area contributed by atoms with Gasteiger partial charge in [-0.3, -0.25) is 4.79 Å². The first-order chi connectivity index (χ1) is 13.1. The van der Waals surface area contributed by atoms with Crippen LogP contribution in [0.5, 0.6) is 11.5 Å². The predicted molar refractivity (Wildman–Crippen MR) is 98.2 cm³/mol. The molecular formula is C20H18FN3O3. The van der Waals surface area contributed by atoms with Crippen molar-refractivity contribution in [3.8, 4) is 17.2 Å². The molecule has 138 valence electrons. The molecule has 0 aliphatic carbocycles. The third-order valence-corrected chi connectivity index (χ3v) is 4.70. The molecule has 7 heteroatoms. The maximum atomic E-state index is 13.2. The Morgan fingerprint density at radius 1 is 1.11 bits per heavy atom. The lowest BCUT2D eigenvalue weighted by molar-refractivity contribution is -0.116. The van der Waals surface area contributed by atoms with Crippen LogP contribution in [0.15, 0.2) is 48.7 Å². The highest BCUT2D eigenvalue weighted by Gasteiger charge is 2.32. The second-order valence-electron chi connectivity index (χ2n) is 6.22. The molecular weight excluding hydrogens is 349 g/mol. The van der Waals surface area contributed by atoms with Gasteiger partial charge in [-0.05, 0) is 30.3 Å². The first-order valence-electron chi connectivity index (χ1n) is 8.47. The summed E-state index contributed by atoms with van der Waals surface area (Å²) < 4.78 is 25.8. The van der Waals surface area contributed by atoms with Crippen molar-refractivity contribution in [3.05, 3.63) is 65.6 Å². The van der Waals surface area contributed by atoms with Crippen molar-refractivity contribution in [1.82, 2.24) is 9.78 Å². The van der Waals surface area contributed by atoms with Crippen molar-refractivity contribution in [2.45, 2.75) is 12.3 Å². The molecule has 4 rings (SSSR count). The Hall–Kier alpha value is -3.35. The number of carbonyl (C=O) groups excluding carboxylic acids is 1. The lowest BCUT2D eigenvalue weighted by Gasteiger charge is -2.25. The van der Waals surface area contributed by atoms with E-state index in [0.717, 1.165) is 11.1 Å². The Morgan fingerprint density at radius 3 is 2.59 bits per heavy atom. The highest BCUT2D eigenvalue weighted by molar-refractivity contribution is 5.94. The van der Waals surface area contributed by atoms with E-state index < -0.39 is 0 Å². The van der Waals surface area contributed by atoms with Gasteiger partial charge in [-0.2, -0.15) is 5.10 Å². The summed E-state index contributed by atoms with van der Waals surface area (Å²) in [5, 5.41) is 7.30. The van der Waals surface area contributed by atoms with Gasteiger partial charge in [0.2, 0.25) is 5.91 Å². The summed E-state index contributed by atoms with van der Waals surface area (Å²) in [7, 11) is 3.15. The fraction of sp³-hybridized carbons (Fsp3) is 0.200. The number of nitrogens with one attached hydrogen (secondary N) is 1. The molecule has 1 N–H and O–H groups in total. The molecule has 0 unspecified atom stereocenters. The number of ether oxygens (including phenoxy) is 2. The van der Waals surface area contributed by atoms with Crippen LogP contribution in [-0.4, -0.2) is 29.9 Å². The van der Waals surface area contributed by atoms with Crippen molar-refractivity contribution < 1.29 is 18.7 Å². The average molecular weight is 367 g/mol. The van der Waals surface area contributed by atoms with Crippen molar-refractivity contribution in [3.63, 3.8) is 0 Å². The topological polar surface area (TPSA) is 65.4 Å². The van der Waals surface area contributed by atoms with E-state index in [1.807, 2.05) is 18.2 Å². The molecule has 1 aliphatic rings. The van der Waals surface area contributed by atoms with E-state index in [9.17, 15) is 9.18 Å². The Morgan fingerprint density at radius 2 is 1.89 bits per heavy atom. The summed E-state index contributed by atoms with van der Waals surface area (Å²) in [6, 6.07) is 11.5. The Bertz CT molecular complexity index is 998. The third kappa shape index (κ3) is 2.91. The standard InChI is InChI=1S/C20H18FN3O3/c1-26-17-5-3-4-14(19(17)27-2)15-10-18(25)23-20-16(15)11-22-24(20)13-8-6-12(21)7-9-13/h3-9,11,15H,10H2,1-2H3,(H,23,25)/t15-/m0/s1. The number of amides is 1. The van der Waals surface area contributed by atoms with Crippen LogP contribution in [0.1, 0.15) is 23.5 Å². The van der Waals surface area contributed by atoms with Crippen LogP contribution < -0.4 is 14.8 Å². The minimum absolute atomic E-state index is 0.124. The smallest absolute Gasteiger partial charge is 0.226 e. The van der Waals surface area contributed by atoms with Crippen molar-refractivity contribution in [2.75, 3.05) is 19.5 Å². The number of hydrogen-bond acceptors (Lipinski definition) is 4. The number of halogens is 1. The van der Waals surface area contributed by atoms with Gasteiger partial charge in [-0.15, -0.1) is 0 Å². The number of methoxy groups -OCH3 is 2. The Labute approximate surface area is 155 Å². The monoisotopic (exact) mass is 367 g/mol. The van der Waals surface area contributed by atoms with Crippen LogP contribution in [0.25, 0.3) is 5.69 Å². The highest BCUT2D eigenvalue weighted by Crippen LogP contribution is 2.44. The summed E-state index contributed by atoms with van der Waals surface area (Å²) in [5.41, 5.74) is 2.38. The molecule has 1 amide bonds. The third-order valence-electron chi connectivity index (χ3n) is 4.70. The Kier molecular flexibility index (Phi) is 4.27. The van der Waals surface area contributed by atoms with Gasteiger partial charge in [-0.25, -0.2) is 9.07 Å². The number of para-hydroxylation sites is 1. The van der Waals surface area contributed by atoms with E-state index in [1.165, 1.54) is 12.1 Å². The second-order valence-corrected chi connectivity index (χ2v) is 6.22. The molecule has 1 aromatic heterocycles. The first kappa shape index (κ1) is 17.1. The minimum Gasteiger partial charge on any atom is -0.493 e. The average Bonchev–Trinajstić information content (AvgIpc) is 3.11. The zero-order valence-electron chi connectivity index (χ0n) is 14.9. The zero-order valence-corrected chi connectivity index (χ0v) is 14.9. The van der Waals surface area contributed by atoms with Crippen LogP contribution in [-0.2, 0) is 4.79 Å². The predicted octanol–water partition coefficient (Wildman–Crippen LogP) is 3.50. The number of aromatic nitrogens is 2. The van der Waals surface area contributed by atoms with Gasteiger partial charge in [0.1, 0.15) is 11.6 Å². The summed E-state index contributed by atoms with van der Waals surface area (Å²) in [5.74, 6) is 1.10. The van der Waals surface area contributed by atoms with Crippen molar-refractivity contribution in [2.24, 2.45) is 0 Å².